The highest BCUT2D eigenvalue weighted by molar-refractivity contribution is 6.01. The second-order valence-corrected chi connectivity index (χ2v) is 5.31. The molecule has 0 aromatic heterocycles. The quantitative estimate of drug-likeness (QED) is 0.654. The summed E-state index contributed by atoms with van der Waals surface area (Å²) in [7, 11) is 0. The molecule has 0 bridgehead atoms. The van der Waals surface area contributed by atoms with Gasteiger partial charge in [-0.2, -0.15) is 0 Å². The van der Waals surface area contributed by atoms with Crippen molar-refractivity contribution >= 4 is 17.4 Å². The normalized spacial score (nSPS) is 10.3. The van der Waals surface area contributed by atoms with E-state index >= 15 is 0 Å². The molecule has 0 spiro atoms. The number of aryl methyl sites for hydroxylation is 2. The first-order valence-corrected chi connectivity index (χ1v) is 7.15. The summed E-state index contributed by atoms with van der Waals surface area (Å²) in [6.07, 6.45) is 0.226. The van der Waals surface area contributed by atoms with Gasteiger partial charge in [0.1, 0.15) is 5.75 Å². The first-order chi connectivity index (χ1) is 10.5. The largest absolute Gasteiger partial charge is 0.506 e. The number of para-hydroxylation sites is 2. The molecule has 0 aliphatic carbocycles. The van der Waals surface area contributed by atoms with Crippen LogP contribution in [0.2, 0.25) is 0 Å². The van der Waals surface area contributed by atoms with Crippen LogP contribution < -0.4 is 5.32 Å². The highest BCUT2D eigenvalue weighted by Gasteiger charge is 2.12. The molecule has 2 aromatic rings. The second-order valence-electron chi connectivity index (χ2n) is 5.31. The average Bonchev–Trinajstić information content (AvgIpc) is 2.49. The highest BCUT2D eigenvalue weighted by Crippen LogP contribution is 2.22. The lowest BCUT2D eigenvalue weighted by Crippen LogP contribution is -2.14. The van der Waals surface area contributed by atoms with Gasteiger partial charge in [0.05, 0.1) is 5.69 Å². The van der Waals surface area contributed by atoms with Gasteiger partial charge in [0.15, 0.2) is 5.78 Å². The topological polar surface area (TPSA) is 66.4 Å². The Morgan fingerprint density at radius 2 is 1.77 bits per heavy atom. The molecule has 0 saturated heterocycles. The van der Waals surface area contributed by atoms with E-state index in [1.165, 1.54) is 6.07 Å². The van der Waals surface area contributed by atoms with E-state index in [0.29, 0.717) is 11.3 Å². The van der Waals surface area contributed by atoms with Crippen molar-refractivity contribution in [1.29, 1.82) is 0 Å². The maximum absolute atomic E-state index is 12.2. The Labute approximate surface area is 129 Å². The van der Waals surface area contributed by atoms with Crippen LogP contribution in [-0.2, 0) is 4.79 Å². The first kappa shape index (κ1) is 15.8. The van der Waals surface area contributed by atoms with E-state index in [-0.39, 0.29) is 30.3 Å². The monoisotopic (exact) mass is 297 g/mol. The summed E-state index contributed by atoms with van der Waals surface area (Å²) in [5.41, 5.74) is 2.95. The number of phenols is 1. The summed E-state index contributed by atoms with van der Waals surface area (Å²) in [4.78, 5) is 24.1. The summed E-state index contributed by atoms with van der Waals surface area (Å²) < 4.78 is 0. The van der Waals surface area contributed by atoms with Gasteiger partial charge in [0.2, 0.25) is 5.91 Å². The van der Waals surface area contributed by atoms with Crippen LogP contribution in [0.25, 0.3) is 0 Å². The van der Waals surface area contributed by atoms with Gasteiger partial charge >= 0.3 is 0 Å². The fourth-order valence-corrected chi connectivity index (χ4v) is 2.19. The number of anilines is 1. The number of carbonyl (C=O) groups is 2. The number of phenolic OH excluding ortho intramolecular Hbond substituents is 1. The molecule has 0 heterocycles. The SMILES string of the molecule is Cc1ccc(C)c(C(=O)CCC(=O)Nc2ccccc2O)c1. The van der Waals surface area contributed by atoms with Gasteiger partial charge in [0, 0.05) is 18.4 Å². The van der Waals surface area contributed by atoms with E-state index in [1.54, 1.807) is 18.2 Å². The van der Waals surface area contributed by atoms with Gasteiger partial charge in [0.25, 0.3) is 0 Å². The molecule has 0 aliphatic heterocycles. The Hall–Kier alpha value is -2.62. The number of hydrogen-bond acceptors (Lipinski definition) is 3. The molecule has 114 valence electrons. The molecule has 2 N–H and O–H groups in total. The van der Waals surface area contributed by atoms with Crippen molar-refractivity contribution in [2.24, 2.45) is 0 Å². The van der Waals surface area contributed by atoms with Gasteiger partial charge in [-0.15, -0.1) is 0 Å². The van der Waals surface area contributed by atoms with Crippen LogP contribution in [-0.4, -0.2) is 16.8 Å². The number of Topliss-reactive ketones (excluding diaryl/α,β-unsaturated/α-hetero) is 1. The summed E-state index contributed by atoms with van der Waals surface area (Å²) >= 11 is 0. The van der Waals surface area contributed by atoms with E-state index in [4.69, 9.17) is 0 Å². The lowest BCUT2D eigenvalue weighted by atomic mass is 9.99. The Morgan fingerprint density at radius 3 is 2.50 bits per heavy atom. The van der Waals surface area contributed by atoms with Crippen molar-refractivity contribution in [3.05, 3.63) is 59.2 Å². The molecule has 4 heteroatoms. The Bertz CT molecular complexity index is 707. The second kappa shape index (κ2) is 6.89. The van der Waals surface area contributed by atoms with Crippen molar-refractivity contribution < 1.29 is 14.7 Å². The summed E-state index contributed by atoms with van der Waals surface area (Å²) in [6, 6.07) is 12.2. The molecule has 22 heavy (non-hydrogen) atoms. The zero-order chi connectivity index (χ0) is 16.1. The molecule has 4 nitrogen and oxygen atoms in total. The van der Waals surface area contributed by atoms with E-state index in [2.05, 4.69) is 5.32 Å². The lowest BCUT2D eigenvalue weighted by molar-refractivity contribution is -0.116. The molecule has 2 rings (SSSR count). The Balaban J connectivity index is 1.95. The maximum atomic E-state index is 12.2. The number of rotatable bonds is 5. The molecule has 0 aliphatic rings. The number of carbonyl (C=O) groups excluding carboxylic acids is 2. The molecular formula is C18H19NO3. The van der Waals surface area contributed by atoms with Crippen molar-refractivity contribution in [1.82, 2.24) is 0 Å². The predicted molar refractivity (Wildman–Crippen MR) is 86.2 cm³/mol. The highest BCUT2D eigenvalue weighted by atomic mass is 16.3. The van der Waals surface area contributed by atoms with Crippen molar-refractivity contribution in [2.75, 3.05) is 5.32 Å². The number of hydrogen-bond donors (Lipinski definition) is 2. The van der Waals surface area contributed by atoms with E-state index < -0.39 is 0 Å². The van der Waals surface area contributed by atoms with Crippen molar-refractivity contribution in [3.63, 3.8) is 0 Å². The average molecular weight is 297 g/mol. The smallest absolute Gasteiger partial charge is 0.224 e. The first-order valence-electron chi connectivity index (χ1n) is 7.15. The molecule has 1 amide bonds. The molecular weight excluding hydrogens is 278 g/mol. The molecule has 0 fully saturated rings. The predicted octanol–water partition coefficient (Wildman–Crippen LogP) is 3.61. The van der Waals surface area contributed by atoms with Crippen LogP contribution in [0.1, 0.15) is 34.3 Å². The van der Waals surface area contributed by atoms with Crippen LogP contribution in [0.3, 0.4) is 0 Å². The maximum Gasteiger partial charge on any atom is 0.224 e. The van der Waals surface area contributed by atoms with Gasteiger partial charge in [-0.25, -0.2) is 0 Å². The molecule has 0 radical (unpaired) electrons. The number of amides is 1. The zero-order valence-electron chi connectivity index (χ0n) is 12.7. The third-order valence-corrected chi connectivity index (χ3v) is 3.45. The van der Waals surface area contributed by atoms with Crippen LogP contribution in [0.4, 0.5) is 5.69 Å². The minimum atomic E-state index is -0.292. The summed E-state index contributed by atoms with van der Waals surface area (Å²) in [5.74, 6) is -0.328. The summed E-state index contributed by atoms with van der Waals surface area (Å²) in [5, 5.41) is 12.2. The minimum Gasteiger partial charge on any atom is -0.506 e. The fraction of sp³-hybridized carbons (Fsp3) is 0.222. The molecule has 0 saturated carbocycles. The number of nitrogens with one attached hydrogen (secondary N) is 1. The molecule has 0 unspecified atom stereocenters. The van der Waals surface area contributed by atoms with E-state index in [0.717, 1.165) is 11.1 Å². The Morgan fingerprint density at radius 1 is 1.05 bits per heavy atom. The van der Waals surface area contributed by atoms with Crippen LogP contribution >= 0.6 is 0 Å². The van der Waals surface area contributed by atoms with Crippen molar-refractivity contribution in [2.45, 2.75) is 26.7 Å². The third-order valence-electron chi connectivity index (χ3n) is 3.45. The fourth-order valence-electron chi connectivity index (χ4n) is 2.19. The van der Waals surface area contributed by atoms with Gasteiger partial charge < -0.3 is 10.4 Å². The number of benzene rings is 2. The standard InChI is InChI=1S/C18H19NO3/c1-12-7-8-13(2)14(11-12)16(20)9-10-18(22)19-15-5-3-4-6-17(15)21/h3-8,11,21H,9-10H2,1-2H3,(H,19,22). The zero-order valence-corrected chi connectivity index (χ0v) is 12.7. The van der Waals surface area contributed by atoms with Crippen LogP contribution in [0.5, 0.6) is 5.75 Å². The molecule has 2 aromatic carbocycles. The van der Waals surface area contributed by atoms with Crippen LogP contribution in [0, 0.1) is 13.8 Å². The van der Waals surface area contributed by atoms with Crippen molar-refractivity contribution in [3.8, 4) is 5.75 Å². The van der Waals surface area contributed by atoms with Gasteiger partial charge in [-0.3, -0.25) is 9.59 Å². The number of aromatic hydroxyl groups is 1. The van der Waals surface area contributed by atoms with Gasteiger partial charge in [-0.05, 0) is 37.6 Å². The Kier molecular flexibility index (Phi) is 4.94. The van der Waals surface area contributed by atoms with E-state index in [9.17, 15) is 14.7 Å². The third kappa shape index (κ3) is 3.95. The van der Waals surface area contributed by atoms with E-state index in [1.807, 2.05) is 32.0 Å². The number of ketones is 1. The summed E-state index contributed by atoms with van der Waals surface area (Å²) in [6.45, 7) is 3.82. The molecule has 0 atom stereocenters. The minimum absolute atomic E-state index is 0.0108. The lowest BCUT2D eigenvalue weighted by Gasteiger charge is -2.08. The van der Waals surface area contributed by atoms with Crippen LogP contribution in [0.15, 0.2) is 42.5 Å². The van der Waals surface area contributed by atoms with Gasteiger partial charge in [-0.1, -0.05) is 29.8 Å².